The average Bonchev–Trinajstić information content (AvgIpc) is 3.02. The molecule has 1 atom stereocenters. The maximum Gasteiger partial charge on any atom is 0.340 e. The first-order chi connectivity index (χ1) is 14.6. The number of nitrogens with one attached hydrogen (secondary N) is 1. The quantitative estimate of drug-likeness (QED) is 0.570. The van der Waals surface area contributed by atoms with Crippen molar-refractivity contribution in [3.8, 4) is 5.69 Å². The van der Waals surface area contributed by atoms with Crippen molar-refractivity contribution < 1.29 is 22.7 Å². The number of anilines is 1. The number of sulfonamides is 1. The number of esters is 1. The lowest BCUT2D eigenvalue weighted by molar-refractivity contribution is -0.123. The van der Waals surface area contributed by atoms with Crippen molar-refractivity contribution in [2.45, 2.75) is 31.8 Å². The van der Waals surface area contributed by atoms with Crippen molar-refractivity contribution in [2.24, 2.45) is 5.14 Å². The fraction of sp³-hybridized carbons (Fsp3) is 0.182. The van der Waals surface area contributed by atoms with Gasteiger partial charge in [0.15, 0.2) is 6.10 Å². The van der Waals surface area contributed by atoms with Gasteiger partial charge in [0.2, 0.25) is 10.0 Å². The highest BCUT2D eigenvalue weighted by Gasteiger charge is 2.23. The zero-order valence-electron chi connectivity index (χ0n) is 17.3. The standard InChI is InChI=1S/C22H23N3O5S/c1-14-13-20(15(2)25(14)18-7-5-4-6-8-18)22(27)30-16(3)21(26)24-17-9-11-19(12-10-17)31(23,28)29/h4-13,16H,1-3H3,(H,24,26)(H2,23,28,29). The third-order valence-corrected chi connectivity index (χ3v) is 5.70. The summed E-state index contributed by atoms with van der Waals surface area (Å²) in [4.78, 5) is 25.0. The number of para-hydroxylation sites is 1. The number of aryl methyl sites for hydroxylation is 1. The molecule has 31 heavy (non-hydrogen) atoms. The first-order valence-corrected chi connectivity index (χ1v) is 11.0. The van der Waals surface area contributed by atoms with E-state index >= 15 is 0 Å². The zero-order chi connectivity index (χ0) is 22.8. The molecular weight excluding hydrogens is 418 g/mol. The van der Waals surface area contributed by atoms with Gasteiger partial charge in [-0.15, -0.1) is 0 Å². The number of ether oxygens (including phenoxy) is 1. The smallest absolute Gasteiger partial charge is 0.340 e. The molecule has 0 aliphatic rings. The van der Waals surface area contributed by atoms with E-state index < -0.39 is 28.0 Å². The molecule has 0 saturated carbocycles. The van der Waals surface area contributed by atoms with Gasteiger partial charge in [-0.3, -0.25) is 4.79 Å². The van der Waals surface area contributed by atoms with E-state index in [-0.39, 0.29) is 4.90 Å². The SMILES string of the molecule is Cc1cc(C(=O)OC(C)C(=O)Nc2ccc(S(N)(=O)=O)cc2)c(C)n1-c1ccccc1. The number of aromatic nitrogens is 1. The zero-order valence-corrected chi connectivity index (χ0v) is 18.1. The molecule has 0 aliphatic heterocycles. The minimum absolute atomic E-state index is 0.0706. The van der Waals surface area contributed by atoms with Gasteiger partial charge in [0.1, 0.15) is 0 Å². The van der Waals surface area contributed by atoms with Crippen LogP contribution < -0.4 is 10.5 Å². The number of nitrogens with two attached hydrogens (primary N) is 1. The Morgan fingerprint density at radius 1 is 1.03 bits per heavy atom. The van der Waals surface area contributed by atoms with Crippen molar-refractivity contribution in [1.29, 1.82) is 0 Å². The molecule has 0 spiro atoms. The number of hydrogen-bond acceptors (Lipinski definition) is 5. The number of primary sulfonamides is 1. The Balaban J connectivity index is 1.70. The normalized spacial score (nSPS) is 12.3. The second-order valence-electron chi connectivity index (χ2n) is 7.06. The number of benzene rings is 2. The number of carbonyl (C=O) groups is 2. The second-order valence-corrected chi connectivity index (χ2v) is 8.62. The third-order valence-electron chi connectivity index (χ3n) is 4.77. The van der Waals surface area contributed by atoms with Crippen LogP contribution in [0.1, 0.15) is 28.7 Å². The van der Waals surface area contributed by atoms with Crippen molar-refractivity contribution in [1.82, 2.24) is 4.57 Å². The van der Waals surface area contributed by atoms with Crippen LogP contribution in [0.15, 0.2) is 65.6 Å². The summed E-state index contributed by atoms with van der Waals surface area (Å²) in [5.41, 5.74) is 3.22. The number of amides is 1. The number of rotatable bonds is 6. The Labute approximate surface area is 180 Å². The molecule has 0 radical (unpaired) electrons. The van der Waals surface area contributed by atoms with Gasteiger partial charge in [-0.2, -0.15) is 0 Å². The van der Waals surface area contributed by atoms with E-state index in [0.29, 0.717) is 16.9 Å². The van der Waals surface area contributed by atoms with Gasteiger partial charge in [0.05, 0.1) is 10.5 Å². The lowest BCUT2D eigenvalue weighted by Gasteiger charge is -2.14. The van der Waals surface area contributed by atoms with Gasteiger partial charge in [-0.05, 0) is 63.2 Å². The Hall–Kier alpha value is -3.43. The highest BCUT2D eigenvalue weighted by atomic mass is 32.2. The van der Waals surface area contributed by atoms with Crippen molar-refractivity contribution >= 4 is 27.6 Å². The van der Waals surface area contributed by atoms with E-state index in [4.69, 9.17) is 9.88 Å². The Kier molecular flexibility index (Phi) is 6.28. The van der Waals surface area contributed by atoms with Gasteiger partial charge in [0, 0.05) is 22.8 Å². The molecule has 1 heterocycles. The molecule has 8 nitrogen and oxygen atoms in total. The van der Waals surface area contributed by atoms with Crippen molar-refractivity contribution in [2.75, 3.05) is 5.32 Å². The molecule has 1 unspecified atom stereocenters. The molecule has 3 aromatic rings. The minimum atomic E-state index is -3.82. The molecule has 1 amide bonds. The largest absolute Gasteiger partial charge is 0.449 e. The lowest BCUT2D eigenvalue weighted by atomic mass is 10.2. The average molecular weight is 442 g/mol. The number of nitrogens with zero attached hydrogens (tertiary/aromatic N) is 1. The van der Waals surface area contributed by atoms with E-state index in [1.54, 1.807) is 6.07 Å². The fourth-order valence-electron chi connectivity index (χ4n) is 3.19. The van der Waals surface area contributed by atoms with Crippen LogP contribution in [-0.4, -0.2) is 31.0 Å². The van der Waals surface area contributed by atoms with E-state index in [1.165, 1.54) is 31.2 Å². The first kappa shape index (κ1) is 22.3. The van der Waals surface area contributed by atoms with Crippen molar-refractivity contribution in [3.63, 3.8) is 0 Å². The Morgan fingerprint density at radius 2 is 1.65 bits per heavy atom. The van der Waals surface area contributed by atoms with E-state index in [1.807, 2.05) is 48.7 Å². The molecule has 162 valence electrons. The summed E-state index contributed by atoms with van der Waals surface area (Å²) in [6.45, 7) is 5.16. The van der Waals surface area contributed by atoms with Gasteiger partial charge >= 0.3 is 5.97 Å². The van der Waals surface area contributed by atoms with E-state index in [2.05, 4.69) is 5.32 Å². The summed E-state index contributed by atoms with van der Waals surface area (Å²) < 4.78 is 29.9. The summed E-state index contributed by atoms with van der Waals surface area (Å²) in [5.74, 6) is -1.16. The summed E-state index contributed by atoms with van der Waals surface area (Å²) >= 11 is 0. The van der Waals surface area contributed by atoms with E-state index in [9.17, 15) is 18.0 Å². The first-order valence-electron chi connectivity index (χ1n) is 9.47. The molecule has 9 heteroatoms. The summed E-state index contributed by atoms with van der Waals surface area (Å²) in [7, 11) is -3.82. The maximum atomic E-state index is 12.7. The van der Waals surface area contributed by atoms with Gasteiger partial charge in [-0.25, -0.2) is 18.4 Å². The minimum Gasteiger partial charge on any atom is -0.449 e. The molecule has 3 N–H and O–H groups in total. The topological polar surface area (TPSA) is 120 Å². The molecule has 0 bridgehead atoms. The van der Waals surface area contributed by atoms with Crippen LogP contribution >= 0.6 is 0 Å². The van der Waals surface area contributed by atoms with E-state index in [0.717, 1.165) is 11.4 Å². The molecule has 0 aliphatic carbocycles. The van der Waals surface area contributed by atoms with Crippen LogP contribution in [0.4, 0.5) is 5.69 Å². The summed E-state index contributed by atoms with van der Waals surface area (Å²) in [6.07, 6.45) is -1.06. The van der Waals surface area contributed by atoms with Crippen LogP contribution in [-0.2, 0) is 19.6 Å². The highest BCUT2D eigenvalue weighted by Crippen LogP contribution is 2.22. The second kappa shape index (κ2) is 8.75. The monoisotopic (exact) mass is 441 g/mol. The van der Waals surface area contributed by atoms with Crippen LogP contribution in [0.3, 0.4) is 0 Å². The summed E-state index contributed by atoms with van der Waals surface area (Å²) in [5, 5.41) is 7.63. The fourth-order valence-corrected chi connectivity index (χ4v) is 3.71. The summed E-state index contributed by atoms with van der Waals surface area (Å²) in [6, 6.07) is 16.7. The molecule has 3 rings (SSSR count). The molecular formula is C22H23N3O5S. The Morgan fingerprint density at radius 3 is 2.23 bits per heavy atom. The van der Waals surface area contributed by atoms with Gasteiger partial charge < -0.3 is 14.6 Å². The van der Waals surface area contributed by atoms with Crippen LogP contribution in [0, 0.1) is 13.8 Å². The van der Waals surface area contributed by atoms with Gasteiger partial charge in [-0.1, -0.05) is 18.2 Å². The number of hydrogen-bond donors (Lipinski definition) is 2. The molecule has 1 aromatic heterocycles. The maximum absolute atomic E-state index is 12.7. The van der Waals surface area contributed by atoms with Crippen LogP contribution in [0.5, 0.6) is 0 Å². The van der Waals surface area contributed by atoms with Gasteiger partial charge in [0.25, 0.3) is 5.91 Å². The van der Waals surface area contributed by atoms with Crippen molar-refractivity contribution in [3.05, 3.63) is 77.6 Å². The Bertz CT molecular complexity index is 1220. The number of carbonyl (C=O) groups excluding carboxylic acids is 2. The predicted molar refractivity (Wildman–Crippen MR) is 117 cm³/mol. The van der Waals surface area contributed by atoms with Crippen LogP contribution in [0.2, 0.25) is 0 Å². The molecule has 2 aromatic carbocycles. The lowest BCUT2D eigenvalue weighted by Crippen LogP contribution is -2.30. The van der Waals surface area contributed by atoms with Crippen LogP contribution in [0.25, 0.3) is 5.69 Å². The molecule has 0 saturated heterocycles. The highest BCUT2D eigenvalue weighted by molar-refractivity contribution is 7.89. The third kappa shape index (κ3) is 5.01. The molecule has 0 fully saturated rings. The predicted octanol–water partition coefficient (Wildman–Crippen LogP) is 2.93.